The molecule has 1 N–H and O–H groups in total. The summed E-state index contributed by atoms with van der Waals surface area (Å²) in [7, 11) is -2.30. The number of sulfonamides is 1. The van der Waals surface area contributed by atoms with Gasteiger partial charge >= 0.3 is 0 Å². The number of hydrogen-bond donors (Lipinski definition) is 1. The van der Waals surface area contributed by atoms with Gasteiger partial charge in [-0.1, -0.05) is 35.9 Å². The molecule has 4 rings (SSSR count). The van der Waals surface area contributed by atoms with E-state index in [0.29, 0.717) is 23.5 Å². The zero-order valence-corrected chi connectivity index (χ0v) is 18.9. The number of hydrogen-bond acceptors (Lipinski definition) is 4. The number of likely N-dealkylation sites (tertiary alicyclic amines) is 1. The van der Waals surface area contributed by atoms with E-state index in [-0.39, 0.29) is 16.8 Å². The zero-order valence-electron chi connectivity index (χ0n) is 18.1. The van der Waals surface area contributed by atoms with Gasteiger partial charge in [-0.05, 0) is 67.8 Å². The van der Waals surface area contributed by atoms with Gasteiger partial charge in [0.05, 0.1) is 18.0 Å². The molecule has 1 aliphatic rings. The van der Waals surface area contributed by atoms with Gasteiger partial charge in [0.25, 0.3) is 15.9 Å². The van der Waals surface area contributed by atoms with Crippen molar-refractivity contribution in [3.8, 4) is 5.75 Å². The van der Waals surface area contributed by atoms with E-state index in [0.717, 1.165) is 24.0 Å². The maximum atomic E-state index is 13.3. The van der Waals surface area contributed by atoms with E-state index >= 15 is 0 Å². The highest BCUT2D eigenvalue weighted by atomic mass is 32.2. The van der Waals surface area contributed by atoms with Crippen LogP contribution in [0.3, 0.4) is 0 Å². The van der Waals surface area contributed by atoms with Crippen LogP contribution in [0.25, 0.3) is 0 Å². The largest absolute Gasteiger partial charge is 0.497 e. The Balaban J connectivity index is 1.57. The van der Waals surface area contributed by atoms with Gasteiger partial charge in [0.15, 0.2) is 0 Å². The number of anilines is 1. The molecule has 1 unspecified atom stereocenters. The average Bonchev–Trinajstić information content (AvgIpc) is 3.29. The fraction of sp³-hybridized carbons (Fsp3) is 0.240. The van der Waals surface area contributed by atoms with E-state index in [1.807, 2.05) is 30.0 Å². The fourth-order valence-corrected chi connectivity index (χ4v) is 5.17. The highest BCUT2D eigenvalue weighted by Crippen LogP contribution is 2.33. The summed E-state index contributed by atoms with van der Waals surface area (Å²) in [5.74, 6) is 0.477. The van der Waals surface area contributed by atoms with Crippen molar-refractivity contribution < 1.29 is 17.9 Å². The third-order valence-electron chi connectivity index (χ3n) is 5.67. The van der Waals surface area contributed by atoms with E-state index in [9.17, 15) is 13.2 Å². The average molecular weight is 451 g/mol. The van der Waals surface area contributed by atoms with E-state index < -0.39 is 10.0 Å². The van der Waals surface area contributed by atoms with E-state index in [1.165, 1.54) is 12.1 Å². The smallest absolute Gasteiger partial charge is 0.261 e. The molecule has 0 radical (unpaired) electrons. The SMILES string of the molecule is COc1ccc(NS(=O)(=O)c2cccc(C(=O)N3CCCC3c3cccc(C)c3)c2)cc1. The first-order valence-electron chi connectivity index (χ1n) is 10.5. The number of amides is 1. The first-order valence-corrected chi connectivity index (χ1v) is 12.0. The Bertz CT molecular complexity index is 1220. The molecular weight excluding hydrogens is 424 g/mol. The standard InChI is InChI=1S/C25H26N2O4S/c1-18-6-3-7-19(16-18)24-10-5-15-27(24)25(28)20-8-4-9-23(17-20)32(29,30)26-21-11-13-22(31-2)14-12-21/h3-4,6-9,11-14,16-17,24,26H,5,10,15H2,1-2H3. The number of nitrogens with zero attached hydrogens (tertiary/aromatic N) is 1. The Kier molecular flexibility index (Phi) is 6.19. The maximum absolute atomic E-state index is 13.3. The Morgan fingerprint density at radius 1 is 1.03 bits per heavy atom. The number of aryl methyl sites for hydroxylation is 1. The summed E-state index contributed by atoms with van der Waals surface area (Å²) >= 11 is 0. The molecule has 0 spiro atoms. The van der Waals surface area contributed by atoms with Crippen LogP contribution in [0.5, 0.6) is 5.75 Å². The van der Waals surface area contributed by atoms with Crippen LogP contribution in [-0.2, 0) is 10.0 Å². The normalized spacial score (nSPS) is 16.1. The first kappa shape index (κ1) is 21.9. The topological polar surface area (TPSA) is 75.7 Å². The molecule has 1 heterocycles. The second-order valence-electron chi connectivity index (χ2n) is 7.93. The van der Waals surface area contributed by atoms with E-state index in [1.54, 1.807) is 43.5 Å². The quantitative estimate of drug-likeness (QED) is 0.586. The van der Waals surface area contributed by atoms with Crippen molar-refractivity contribution in [3.05, 3.63) is 89.5 Å². The summed E-state index contributed by atoms with van der Waals surface area (Å²) in [4.78, 5) is 15.2. The molecule has 3 aromatic carbocycles. The molecule has 1 saturated heterocycles. The van der Waals surface area contributed by atoms with Gasteiger partial charge in [0.2, 0.25) is 0 Å². The van der Waals surface area contributed by atoms with Crippen LogP contribution >= 0.6 is 0 Å². The fourth-order valence-electron chi connectivity index (χ4n) is 4.07. The van der Waals surface area contributed by atoms with Crippen molar-refractivity contribution in [3.63, 3.8) is 0 Å². The third-order valence-corrected chi connectivity index (χ3v) is 7.05. The van der Waals surface area contributed by atoms with Crippen LogP contribution in [0.15, 0.2) is 77.7 Å². The van der Waals surface area contributed by atoms with Crippen molar-refractivity contribution in [2.45, 2.75) is 30.7 Å². The summed E-state index contributed by atoms with van der Waals surface area (Å²) in [6.07, 6.45) is 1.81. The zero-order chi connectivity index (χ0) is 22.7. The van der Waals surface area contributed by atoms with Crippen LogP contribution in [-0.4, -0.2) is 32.9 Å². The highest BCUT2D eigenvalue weighted by molar-refractivity contribution is 7.92. The second-order valence-corrected chi connectivity index (χ2v) is 9.61. The lowest BCUT2D eigenvalue weighted by Gasteiger charge is -2.25. The van der Waals surface area contributed by atoms with Crippen molar-refractivity contribution in [2.75, 3.05) is 18.4 Å². The highest BCUT2D eigenvalue weighted by Gasteiger charge is 2.31. The second kappa shape index (κ2) is 9.04. The summed E-state index contributed by atoms with van der Waals surface area (Å²) in [6.45, 7) is 2.69. The number of rotatable bonds is 6. The van der Waals surface area contributed by atoms with Crippen molar-refractivity contribution >= 4 is 21.6 Å². The van der Waals surface area contributed by atoms with Gasteiger partial charge in [-0.2, -0.15) is 0 Å². The predicted molar refractivity (Wildman–Crippen MR) is 124 cm³/mol. The Hall–Kier alpha value is -3.32. The molecule has 3 aromatic rings. The third kappa shape index (κ3) is 4.62. The monoisotopic (exact) mass is 450 g/mol. The molecule has 6 nitrogen and oxygen atoms in total. The summed E-state index contributed by atoms with van der Waals surface area (Å²) < 4.78 is 33.5. The number of nitrogens with one attached hydrogen (secondary N) is 1. The summed E-state index contributed by atoms with van der Waals surface area (Å²) in [5, 5.41) is 0. The molecule has 1 atom stereocenters. The summed E-state index contributed by atoms with van der Waals surface area (Å²) in [6, 6.07) is 21.0. The molecule has 0 aromatic heterocycles. The van der Waals surface area contributed by atoms with Gasteiger partial charge < -0.3 is 9.64 Å². The number of benzene rings is 3. The van der Waals surface area contributed by atoms with Crippen LogP contribution < -0.4 is 9.46 Å². The molecule has 1 aliphatic heterocycles. The Morgan fingerprint density at radius 3 is 2.50 bits per heavy atom. The van der Waals surface area contributed by atoms with Crippen LogP contribution in [0, 0.1) is 6.92 Å². The Labute approximate surface area is 188 Å². The molecule has 1 fully saturated rings. The number of carbonyl (C=O) groups excluding carboxylic acids is 1. The summed E-state index contributed by atoms with van der Waals surface area (Å²) in [5.41, 5.74) is 3.05. The molecule has 0 aliphatic carbocycles. The van der Waals surface area contributed by atoms with Gasteiger partial charge in [-0.25, -0.2) is 8.42 Å². The molecule has 7 heteroatoms. The van der Waals surface area contributed by atoms with Gasteiger partial charge in [0.1, 0.15) is 5.75 Å². The van der Waals surface area contributed by atoms with E-state index in [2.05, 4.69) is 10.8 Å². The van der Waals surface area contributed by atoms with Crippen molar-refractivity contribution in [1.82, 2.24) is 4.90 Å². The van der Waals surface area contributed by atoms with Crippen LogP contribution in [0.2, 0.25) is 0 Å². The lowest BCUT2D eigenvalue weighted by atomic mass is 10.0. The minimum Gasteiger partial charge on any atom is -0.497 e. The number of carbonyl (C=O) groups is 1. The van der Waals surface area contributed by atoms with Gasteiger partial charge in [-0.3, -0.25) is 9.52 Å². The molecule has 1 amide bonds. The Morgan fingerprint density at radius 2 is 1.78 bits per heavy atom. The van der Waals surface area contributed by atoms with E-state index in [4.69, 9.17) is 4.74 Å². The maximum Gasteiger partial charge on any atom is 0.261 e. The van der Waals surface area contributed by atoms with Crippen molar-refractivity contribution in [1.29, 1.82) is 0 Å². The van der Waals surface area contributed by atoms with Gasteiger partial charge in [0, 0.05) is 17.8 Å². The molecule has 0 bridgehead atoms. The number of methoxy groups -OCH3 is 1. The lowest BCUT2D eigenvalue weighted by Crippen LogP contribution is -2.30. The van der Waals surface area contributed by atoms with Gasteiger partial charge in [-0.15, -0.1) is 0 Å². The van der Waals surface area contributed by atoms with Crippen molar-refractivity contribution in [2.24, 2.45) is 0 Å². The van der Waals surface area contributed by atoms with Crippen LogP contribution in [0.1, 0.15) is 40.4 Å². The molecule has 166 valence electrons. The predicted octanol–water partition coefficient (Wildman–Crippen LogP) is 4.78. The minimum absolute atomic E-state index is 0.0000809. The first-order chi connectivity index (χ1) is 15.4. The number of ether oxygens (including phenoxy) is 1. The molecular formula is C25H26N2O4S. The molecule has 0 saturated carbocycles. The molecule has 32 heavy (non-hydrogen) atoms. The minimum atomic E-state index is -3.85. The van der Waals surface area contributed by atoms with Crippen LogP contribution in [0.4, 0.5) is 5.69 Å². The lowest BCUT2D eigenvalue weighted by molar-refractivity contribution is 0.0735.